The lowest BCUT2D eigenvalue weighted by molar-refractivity contribution is -0.104. The minimum atomic E-state index is 0.102. The second kappa shape index (κ2) is 5.19. The Morgan fingerprint density at radius 1 is 1.50 bits per heavy atom. The van der Waals surface area contributed by atoms with Crippen molar-refractivity contribution in [1.29, 1.82) is 0 Å². The highest BCUT2D eigenvalue weighted by molar-refractivity contribution is 6.30. The van der Waals surface area contributed by atoms with Gasteiger partial charge >= 0.3 is 0 Å². The van der Waals surface area contributed by atoms with Gasteiger partial charge in [-0.1, -0.05) is 17.7 Å². The first-order valence-corrected chi connectivity index (χ1v) is 4.23. The van der Waals surface area contributed by atoms with Crippen molar-refractivity contribution in [2.45, 2.75) is 0 Å². The number of benzene rings is 1. The van der Waals surface area contributed by atoms with Crippen molar-refractivity contribution in [1.82, 2.24) is 0 Å². The molecular weight excluding hydrogens is 202 g/mol. The van der Waals surface area contributed by atoms with Gasteiger partial charge in [0, 0.05) is 11.2 Å². The second-order valence-corrected chi connectivity index (χ2v) is 2.92. The molecule has 72 valence electrons. The molecular formula is C10H8ClNO2. The molecule has 0 unspecified atom stereocenters. The number of aliphatic hydroxyl groups is 1. The van der Waals surface area contributed by atoms with Crippen molar-refractivity contribution in [2.75, 3.05) is 0 Å². The third-order valence-electron chi connectivity index (χ3n) is 1.46. The molecule has 0 fully saturated rings. The van der Waals surface area contributed by atoms with Crippen LogP contribution in [0.15, 0.2) is 41.1 Å². The predicted molar refractivity (Wildman–Crippen MR) is 56.4 cm³/mol. The van der Waals surface area contributed by atoms with Crippen molar-refractivity contribution < 1.29 is 9.90 Å². The highest BCUT2D eigenvalue weighted by Gasteiger charge is 1.91. The van der Waals surface area contributed by atoms with Gasteiger partial charge in [0.15, 0.2) is 6.29 Å². The summed E-state index contributed by atoms with van der Waals surface area (Å²) in [6, 6.07) is 6.86. The molecule has 0 spiro atoms. The van der Waals surface area contributed by atoms with E-state index in [1.54, 1.807) is 24.3 Å². The fourth-order valence-corrected chi connectivity index (χ4v) is 0.984. The number of halogens is 1. The molecule has 0 heterocycles. The molecule has 0 amide bonds. The van der Waals surface area contributed by atoms with Crippen molar-refractivity contribution >= 4 is 29.8 Å². The Kier molecular flexibility index (Phi) is 3.88. The molecule has 4 heteroatoms. The Morgan fingerprint density at radius 3 is 2.86 bits per heavy atom. The van der Waals surface area contributed by atoms with Crippen LogP contribution in [-0.4, -0.2) is 17.6 Å². The van der Waals surface area contributed by atoms with E-state index in [4.69, 9.17) is 16.7 Å². The molecule has 0 aliphatic heterocycles. The minimum absolute atomic E-state index is 0.102. The molecule has 1 rings (SSSR count). The maximum Gasteiger partial charge on any atom is 0.154 e. The van der Waals surface area contributed by atoms with Gasteiger partial charge in [0.25, 0.3) is 0 Å². The Labute approximate surface area is 86.4 Å². The van der Waals surface area contributed by atoms with E-state index < -0.39 is 0 Å². The summed E-state index contributed by atoms with van der Waals surface area (Å²) in [6.07, 6.45) is 2.47. The van der Waals surface area contributed by atoms with Crippen LogP contribution in [0.2, 0.25) is 5.02 Å². The van der Waals surface area contributed by atoms with Crippen LogP contribution in [0.1, 0.15) is 0 Å². The van der Waals surface area contributed by atoms with Gasteiger partial charge in [-0.2, -0.15) is 0 Å². The fraction of sp³-hybridized carbons (Fsp3) is 0. The molecule has 0 atom stereocenters. The molecule has 0 aliphatic carbocycles. The summed E-state index contributed by atoms with van der Waals surface area (Å²) in [5, 5.41) is 9.12. The molecule has 0 aliphatic rings. The van der Waals surface area contributed by atoms with Crippen LogP contribution >= 0.6 is 11.6 Å². The van der Waals surface area contributed by atoms with Crippen molar-refractivity contribution in [3.8, 4) is 0 Å². The van der Waals surface area contributed by atoms with Crippen LogP contribution in [0.3, 0.4) is 0 Å². The minimum Gasteiger partial charge on any atom is -0.515 e. The Balaban J connectivity index is 2.83. The number of hydrogen-bond acceptors (Lipinski definition) is 3. The maximum absolute atomic E-state index is 10.3. The van der Waals surface area contributed by atoms with E-state index in [9.17, 15) is 4.79 Å². The first kappa shape index (κ1) is 10.5. The van der Waals surface area contributed by atoms with E-state index in [1.165, 1.54) is 6.21 Å². The Bertz CT molecular complexity index is 385. The molecule has 14 heavy (non-hydrogen) atoms. The van der Waals surface area contributed by atoms with E-state index in [0.717, 1.165) is 0 Å². The number of hydrogen-bond donors (Lipinski definition) is 1. The molecule has 0 aromatic heterocycles. The van der Waals surface area contributed by atoms with E-state index in [1.807, 2.05) is 0 Å². The molecule has 0 radical (unpaired) electrons. The first-order valence-electron chi connectivity index (χ1n) is 3.85. The summed E-state index contributed by atoms with van der Waals surface area (Å²) >= 11 is 5.72. The van der Waals surface area contributed by atoms with Crippen molar-refractivity contribution in [2.24, 2.45) is 4.99 Å². The molecule has 0 saturated heterocycles. The molecule has 1 N–H and O–H groups in total. The lowest BCUT2D eigenvalue weighted by atomic mass is 10.3. The monoisotopic (exact) mass is 209 g/mol. The molecule has 1 aromatic rings. The standard InChI is InChI=1S/C10H8ClNO2/c11-9-2-1-3-10(4-9)12-5-8(6-13)7-14/h1-7,13H/b8-6+,12-5?. The zero-order valence-corrected chi connectivity index (χ0v) is 7.98. The van der Waals surface area contributed by atoms with Crippen LogP contribution in [0.25, 0.3) is 0 Å². The van der Waals surface area contributed by atoms with Crippen molar-refractivity contribution in [3.63, 3.8) is 0 Å². The number of nitrogens with zero attached hydrogens (tertiary/aromatic N) is 1. The summed E-state index contributed by atoms with van der Waals surface area (Å²) in [6.45, 7) is 0. The van der Waals surface area contributed by atoms with Gasteiger partial charge in [0.1, 0.15) is 0 Å². The van der Waals surface area contributed by atoms with Crippen LogP contribution in [0.4, 0.5) is 5.69 Å². The van der Waals surface area contributed by atoms with Gasteiger partial charge in [-0.25, -0.2) is 0 Å². The SMILES string of the molecule is O=C/C(C=Nc1cccc(Cl)c1)=C/O. The van der Waals surface area contributed by atoms with E-state index >= 15 is 0 Å². The van der Waals surface area contributed by atoms with E-state index in [-0.39, 0.29) is 5.57 Å². The summed E-state index contributed by atoms with van der Waals surface area (Å²) in [4.78, 5) is 14.2. The Morgan fingerprint density at radius 2 is 2.29 bits per heavy atom. The number of carbonyl (C=O) groups excluding carboxylic acids is 1. The summed E-state index contributed by atoms with van der Waals surface area (Å²) in [5.41, 5.74) is 0.726. The highest BCUT2D eigenvalue weighted by Crippen LogP contribution is 2.17. The molecule has 3 nitrogen and oxygen atoms in total. The average molecular weight is 210 g/mol. The third-order valence-corrected chi connectivity index (χ3v) is 1.69. The normalized spacial score (nSPS) is 11.9. The zero-order chi connectivity index (χ0) is 10.4. The van der Waals surface area contributed by atoms with E-state index in [0.29, 0.717) is 23.3 Å². The zero-order valence-electron chi connectivity index (χ0n) is 7.22. The largest absolute Gasteiger partial charge is 0.515 e. The summed E-state index contributed by atoms with van der Waals surface area (Å²) in [5.74, 6) is 0. The number of carbonyl (C=O) groups is 1. The summed E-state index contributed by atoms with van der Waals surface area (Å²) < 4.78 is 0. The van der Waals surface area contributed by atoms with Gasteiger partial charge in [-0.15, -0.1) is 0 Å². The predicted octanol–water partition coefficient (Wildman–Crippen LogP) is 2.68. The average Bonchev–Trinajstić information content (AvgIpc) is 2.19. The topological polar surface area (TPSA) is 49.7 Å². The van der Waals surface area contributed by atoms with Gasteiger partial charge in [0.05, 0.1) is 17.5 Å². The second-order valence-electron chi connectivity index (χ2n) is 2.49. The van der Waals surface area contributed by atoms with Crippen LogP contribution in [0.5, 0.6) is 0 Å². The Hall–Kier alpha value is -1.61. The number of aliphatic hydroxyl groups excluding tert-OH is 1. The van der Waals surface area contributed by atoms with Crippen molar-refractivity contribution in [3.05, 3.63) is 41.1 Å². The van der Waals surface area contributed by atoms with Gasteiger partial charge in [-0.3, -0.25) is 9.79 Å². The number of aldehydes is 1. The lowest BCUT2D eigenvalue weighted by Crippen LogP contribution is -1.84. The van der Waals surface area contributed by atoms with E-state index in [2.05, 4.69) is 4.99 Å². The number of allylic oxidation sites excluding steroid dienone is 1. The molecule has 0 saturated carbocycles. The number of aliphatic imine (C=N–C) groups is 1. The number of rotatable bonds is 3. The van der Waals surface area contributed by atoms with Crippen LogP contribution in [0, 0.1) is 0 Å². The summed E-state index contributed by atoms with van der Waals surface area (Å²) in [7, 11) is 0. The van der Waals surface area contributed by atoms with Crippen LogP contribution < -0.4 is 0 Å². The fourth-order valence-electron chi connectivity index (χ4n) is 0.800. The highest BCUT2D eigenvalue weighted by atomic mass is 35.5. The first-order chi connectivity index (χ1) is 6.76. The molecule has 0 bridgehead atoms. The van der Waals surface area contributed by atoms with Gasteiger partial charge in [-0.05, 0) is 18.2 Å². The molecule has 1 aromatic carbocycles. The van der Waals surface area contributed by atoms with Crippen LogP contribution in [-0.2, 0) is 4.79 Å². The third kappa shape index (κ3) is 3.03. The smallest absolute Gasteiger partial charge is 0.154 e. The van der Waals surface area contributed by atoms with Gasteiger partial charge in [0.2, 0.25) is 0 Å². The maximum atomic E-state index is 10.3. The van der Waals surface area contributed by atoms with Gasteiger partial charge < -0.3 is 5.11 Å². The quantitative estimate of drug-likeness (QED) is 0.360. The lowest BCUT2D eigenvalue weighted by Gasteiger charge is -1.93.